The Morgan fingerprint density at radius 1 is 1.35 bits per heavy atom. The monoisotopic (exact) mass is 336 g/mol. The molecule has 5 nitrogen and oxygen atoms in total. The van der Waals surface area contributed by atoms with Crippen molar-refractivity contribution in [1.82, 2.24) is 9.55 Å². The molecule has 1 atom stereocenters. The zero-order valence-electron chi connectivity index (χ0n) is 10.8. The van der Waals surface area contributed by atoms with Crippen LogP contribution in [0.3, 0.4) is 0 Å². The Kier molecular flexibility index (Phi) is 4.68. The highest BCUT2D eigenvalue weighted by Gasteiger charge is 2.24. The minimum Gasteiger partial charge on any atom is -0.467 e. The highest BCUT2D eigenvalue weighted by molar-refractivity contribution is 9.10. The molecule has 0 aliphatic rings. The molecule has 2 rings (SSSR count). The molecule has 0 radical (unpaired) electrons. The first-order valence-corrected chi connectivity index (χ1v) is 6.75. The fourth-order valence-electron chi connectivity index (χ4n) is 1.83. The first-order chi connectivity index (χ1) is 9.61. The molecule has 0 fully saturated rings. The number of carbonyl (C=O) groups is 2. The van der Waals surface area contributed by atoms with Gasteiger partial charge in [0.25, 0.3) is 0 Å². The van der Waals surface area contributed by atoms with Crippen molar-refractivity contribution in [3.05, 3.63) is 53.0 Å². The first kappa shape index (κ1) is 14.5. The van der Waals surface area contributed by atoms with E-state index >= 15 is 0 Å². The molecule has 0 amide bonds. The van der Waals surface area contributed by atoms with Crippen LogP contribution in [0.1, 0.15) is 22.8 Å². The number of hydrogen-bond donors (Lipinski definition) is 0. The normalized spacial score (nSPS) is 11.9. The van der Waals surface area contributed by atoms with E-state index in [0.29, 0.717) is 5.56 Å². The molecule has 6 heteroatoms. The molecule has 0 unspecified atom stereocenters. The van der Waals surface area contributed by atoms with E-state index in [2.05, 4.69) is 20.9 Å². The lowest BCUT2D eigenvalue weighted by Gasteiger charge is -2.15. The standard InChI is InChI=1S/C14H13BrN2O3/c1-20-14(19)12(17-7-6-16-9-17)8-13(18)10-2-4-11(15)5-3-10/h2-7,9,12H,8H2,1H3/t12-/m1/s1. The Morgan fingerprint density at radius 3 is 2.60 bits per heavy atom. The van der Waals surface area contributed by atoms with Crippen molar-refractivity contribution in [3.63, 3.8) is 0 Å². The molecule has 0 bridgehead atoms. The van der Waals surface area contributed by atoms with E-state index < -0.39 is 12.0 Å². The van der Waals surface area contributed by atoms with Crippen LogP contribution in [0, 0.1) is 0 Å². The Bertz CT molecular complexity index is 593. The van der Waals surface area contributed by atoms with E-state index in [1.165, 1.54) is 13.4 Å². The number of methoxy groups -OCH3 is 1. The van der Waals surface area contributed by atoms with Gasteiger partial charge in [-0.1, -0.05) is 28.1 Å². The number of halogens is 1. The van der Waals surface area contributed by atoms with Crippen molar-refractivity contribution in [2.75, 3.05) is 7.11 Å². The summed E-state index contributed by atoms with van der Waals surface area (Å²) in [6.45, 7) is 0. The molecule has 0 saturated heterocycles. The third kappa shape index (κ3) is 3.33. The number of rotatable bonds is 5. The van der Waals surface area contributed by atoms with Crippen molar-refractivity contribution in [2.45, 2.75) is 12.5 Å². The molecule has 104 valence electrons. The van der Waals surface area contributed by atoms with Gasteiger partial charge in [0.05, 0.1) is 13.4 Å². The number of Topliss-reactive ketones (excluding diaryl/α,β-unsaturated/α-hetero) is 1. The number of hydrogen-bond acceptors (Lipinski definition) is 4. The van der Waals surface area contributed by atoms with Crippen LogP contribution in [0.5, 0.6) is 0 Å². The maximum atomic E-state index is 12.2. The van der Waals surface area contributed by atoms with Crippen LogP contribution in [0.15, 0.2) is 47.5 Å². The fourth-order valence-corrected chi connectivity index (χ4v) is 2.09. The van der Waals surface area contributed by atoms with Crippen molar-refractivity contribution in [2.24, 2.45) is 0 Å². The second kappa shape index (κ2) is 6.47. The van der Waals surface area contributed by atoms with Crippen LogP contribution in [0.25, 0.3) is 0 Å². The van der Waals surface area contributed by atoms with Gasteiger partial charge < -0.3 is 9.30 Å². The number of imidazole rings is 1. The van der Waals surface area contributed by atoms with E-state index in [9.17, 15) is 9.59 Å². The average Bonchev–Trinajstić information content (AvgIpc) is 2.98. The van der Waals surface area contributed by atoms with Gasteiger partial charge in [0, 0.05) is 28.9 Å². The lowest BCUT2D eigenvalue weighted by atomic mass is 10.0. The van der Waals surface area contributed by atoms with Gasteiger partial charge in [-0.05, 0) is 12.1 Å². The topological polar surface area (TPSA) is 61.2 Å². The number of carbonyl (C=O) groups excluding carboxylic acids is 2. The van der Waals surface area contributed by atoms with Crippen molar-refractivity contribution < 1.29 is 14.3 Å². The summed E-state index contributed by atoms with van der Waals surface area (Å²) in [5.41, 5.74) is 0.558. The predicted molar refractivity (Wildman–Crippen MR) is 76.4 cm³/mol. The third-order valence-electron chi connectivity index (χ3n) is 2.90. The summed E-state index contributed by atoms with van der Waals surface area (Å²) in [6.07, 6.45) is 4.72. The van der Waals surface area contributed by atoms with Gasteiger partial charge >= 0.3 is 5.97 Å². The second-order valence-corrected chi connectivity index (χ2v) is 5.10. The van der Waals surface area contributed by atoms with Gasteiger partial charge in [-0.2, -0.15) is 0 Å². The maximum absolute atomic E-state index is 12.2. The molecule has 1 aromatic carbocycles. The Labute approximate surface area is 124 Å². The van der Waals surface area contributed by atoms with E-state index in [0.717, 1.165) is 4.47 Å². The lowest BCUT2D eigenvalue weighted by Crippen LogP contribution is -2.23. The van der Waals surface area contributed by atoms with E-state index in [4.69, 9.17) is 4.74 Å². The third-order valence-corrected chi connectivity index (χ3v) is 3.43. The first-order valence-electron chi connectivity index (χ1n) is 5.96. The molecule has 0 aliphatic carbocycles. The van der Waals surface area contributed by atoms with Crippen LogP contribution >= 0.6 is 15.9 Å². The summed E-state index contributed by atoms with van der Waals surface area (Å²) in [5.74, 6) is -0.588. The molecule has 0 saturated carbocycles. The average molecular weight is 337 g/mol. The summed E-state index contributed by atoms with van der Waals surface area (Å²) in [4.78, 5) is 27.9. The van der Waals surface area contributed by atoms with E-state index in [1.54, 1.807) is 41.2 Å². The summed E-state index contributed by atoms with van der Waals surface area (Å²) in [6, 6.07) is 6.32. The number of ether oxygens (including phenoxy) is 1. The van der Waals surface area contributed by atoms with Gasteiger partial charge in [0.2, 0.25) is 0 Å². The molecule has 0 aliphatic heterocycles. The van der Waals surface area contributed by atoms with Crippen LogP contribution in [-0.2, 0) is 9.53 Å². The molecule has 0 N–H and O–H groups in total. The van der Waals surface area contributed by atoms with E-state index in [1.807, 2.05) is 0 Å². The van der Waals surface area contributed by atoms with Gasteiger partial charge in [-0.15, -0.1) is 0 Å². The fraction of sp³-hybridized carbons (Fsp3) is 0.214. The molecular weight excluding hydrogens is 324 g/mol. The van der Waals surface area contributed by atoms with Gasteiger partial charge in [-0.3, -0.25) is 4.79 Å². The Hall–Kier alpha value is -1.95. The van der Waals surface area contributed by atoms with Gasteiger partial charge in [-0.25, -0.2) is 9.78 Å². The van der Waals surface area contributed by atoms with Crippen LogP contribution in [0.2, 0.25) is 0 Å². The van der Waals surface area contributed by atoms with Crippen molar-refractivity contribution in [1.29, 1.82) is 0 Å². The van der Waals surface area contributed by atoms with E-state index in [-0.39, 0.29) is 12.2 Å². The van der Waals surface area contributed by atoms with Crippen LogP contribution < -0.4 is 0 Å². The van der Waals surface area contributed by atoms with Gasteiger partial charge in [0.1, 0.15) is 6.04 Å². The van der Waals surface area contributed by atoms with Crippen molar-refractivity contribution in [3.8, 4) is 0 Å². The number of nitrogens with zero attached hydrogens (tertiary/aromatic N) is 2. The minimum absolute atomic E-state index is 0.0324. The van der Waals surface area contributed by atoms with Crippen LogP contribution in [-0.4, -0.2) is 28.4 Å². The molecule has 2 aromatic rings. The minimum atomic E-state index is -0.696. The van der Waals surface area contributed by atoms with Crippen LogP contribution in [0.4, 0.5) is 0 Å². The van der Waals surface area contributed by atoms with Gasteiger partial charge in [0.15, 0.2) is 5.78 Å². The highest BCUT2D eigenvalue weighted by atomic mass is 79.9. The number of aromatic nitrogens is 2. The molecule has 0 spiro atoms. The lowest BCUT2D eigenvalue weighted by molar-refractivity contribution is -0.144. The number of esters is 1. The zero-order chi connectivity index (χ0) is 14.5. The Balaban J connectivity index is 2.18. The highest BCUT2D eigenvalue weighted by Crippen LogP contribution is 2.18. The second-order valence-electron chi connectivity index (χ2n) is 4.18. The molecular formula is C14H13BrN2O3. The van der Waals surface area contributed by atoms with Crippen molar-refractivity contribution >= 4 is 27.7 Å². The largest absolute Gasteiger partial charge is 0.467 e. The summed E-state index contributed by atoms with van der Waals surface area (Å²) >= 11 is 3.31. The quantitative estimate of drug-likeness (QED) is 0.622. The Morgan fingerprint density at radius 2 is 2.05 bits per heavy atom. The maximum Gasteiger partial charge on any atom is 0.329 e. The number of benzene rings is 1. The summed E-state index contributed by atoms with van der Waals surface area (Å²) in [5, 5.41) is 0. The SMILES string of the molecule is COC(=O)[C@@H](CC(=O)c1ccc(Br)cc1)n1ccnc1. The predicted octanol–water partition coefficient (Wildman–Crippen LogP) is 2.63. The number of ketones is 1. The zero-order valence-corrected chi connectivity index (χ0v) is 12.4. The molecule has 1 heterocycles. The summed E-state index contributed by atoms with van der Waals surface area (Å²) in [7, 11) is 1.30. The summed E-state index contributed by atoms with van der Waals surface area (Å²) < 4.78 is 7.21. The molecule has 20 heavy (non-hydrogen) atoms. The smallest absolute Gasteiger partial charge is 0.329 e. The molecule has 1 aromatic heterocycles.